The molecule has 0 saturated carbocycles. The lowest BCUT2D eigenvalue weighted by Crippen LogP contribution is -2.44. The average Bonchev–Trinajstić information content (AvgIpc) is 2.77. The normalized spacial score (nSPS) is 14.5. The maximum absolute atomic E-state index is 13.0. The number of halogens is 1. The second-order valence-electron chi connectivity index (χ2n) is 7.50. The molecule has 0 bridgehead atoms. The van der Waals surface area contributed by atoms with Gasteiger partial charge in [-0.1, -0.05) is 24.3 Å². The smallest absolute Gasteiger partial charge is 0.228 e. The molecule has 0 radical (unpaired) electrons. The van der Waals surface area contributed by atoms with Crippen molar-refractivity contribution in [3.05, 3.63) is 72.0 Å². The minimum absolute atomic E-state index is 0.148. The fourth-order valence-corrected chi connectivity index (χ4v) is 3.40. The summed E-state index contributed by atoms with van der Waals surface area (Å²) in [5, 5.41) is 11.6. The number of carbonyl (C=O) groups is 1. The molecular weight excluding hydrogens is 381 g/mol. The molecular formula is C23H24FN5O. The Morgan fingerprint density at radius 3 is 2.27 bits per heavy atom. The van der Waals surface area contributed by atoms with E-state index in [0.717, 1.165) is 48.8 Å². The van der Waals surface area contributed by atoms with Crippen molar-refractivity contribution in [2.45, 2.75) is 6.42 Å². The third-order valence-corrected chi connectivity index (χ3v) is 5.22. The highest BCUT2D eigenvalue weighted by Gasteiger charge is 2.15. The second kappa shape index (κ2) is 9.00. The van der Waals surface area contributed by atoms with Gasteiger partial charge in [-0.05, 0) is 49.0 Å². The van der Waals surface area contributed by atoms with Crippen molar-refractivity contribution >= 4 is 17.4 Å². The van der Waals surface area contributed by atoms with Crippen LogP contribution in [0.4, 0.5) is 15.9 Å². The molecule has 3 aromatic rings. The van der Waals surface area contributed by atoms with E-state index in [9.17, 15) is 9.18 Å². The molecule has 2 aromatic carbocycles. The minimum atomic E-state index is -0.311. The predicted octanol–water partition coefficient (Wildman–Crippen LogP) is 3.22. The predicted molar refractivity (Wildman–Crippen MR) is 116 cm³/mol. The number of hydrogen-bond donors (Lipinski definition) is 1. The van der Waals surface area contributed by atoms with E-state index in [1.54, 1.807) is 12.1 Å². The Morgan fingerprint density at radius 1 is 0.933 bits per heavy atom. The standard InChI is InChI=1S/C23H24FN5O/c1-28-12-14-29(15-13-28)22-11-10-21(26-27-22)18-4-8-20(9-5-18)25-23(30)16-17-2-6-19(24)7-3-17/h2-11H,12-16H2,1H3,(H,25,30). The van der Waals surface area contributed by atoms with Crippen LogP contribution < -0.4 is 10.2 Å². The Morgan fingerprint density at radius 2 is 1.63 bits per heavy atom. The monoisotopic (exact) mass is 405 g/mol. The van der Waals surface area contributed by atoms with Gasteiger partial charge in [-0.15, -0.1) is 10.2 Å². The van der Waals surface area contributed by atoms with Crippen molar-refractivity contribution in [1.29, 1.82) is 0 Å². The molecule has 0 atom stereocenters. The van der Waals surface area contributed by atoms with Gasteiger partial charge in [-0.2, -0.15) is 0 Å². The lowest BCUT2D eigenvalue weighted by Gasteiger charge is -2.32. The first-order chi connectivity index (χ1) is 14.6. The number of amides is 1. The highest BCUT2D eigenvalue weighted by atomic mass is 19.1. The number of nitrogens with zero attached hydrogens (tertiary/aromatic N) is 4. The van der Waals surface area contributed by atoms with E-state index in [2.05, 4.69) is 32.4 Å². The third-order valence-electron chi connectivity index (χ3n) is 5.22. The van der Waals surface area contributed by atoms with Crippen LogP contribution in [0.25, 0.3) is 11.3 Å². The number of rotatable bonds is 5. The zero-order valence-electron chi connectivity index (χ0n) is 16.9. The zero-order valence-corrected chi connectivity index (χ0v) is 16.9. The summed E-state index contributed by atoms with van der Waals surface area (Å²) in [7, 11) is 2.13. The van der Waals surface area contributed by atoms with Crippen molar-refractivity contribution in [2.24, 2.45) is 0 Å². The Bertz CT molecular complexity index is 982. The number of carbonyl (C=O) groups excluding carboxylic acids is 1. The molecule has 4 rings (SSSR count). The number of hydrogen-bond acceptors (Lipinski definition) is 5. The molecule has 1 fully saturated rings. The van der Waals surface area contributed by atoms with Gasteiger partial charge in [0.15, 0.2) is 5.82 Å². The highest BCUT2D eigenvalue weighted by Crippen LogP contribution is 2.21. The molecule has 1 aliphatic rings. The van der Waals surface area contributed by atoms with Gasteiger partial charge in [0.1, 0.15) is 5.82 Å². The summed E-state index contributed by atoms with van der Waals surface area (Å²) < 4.78 is 13.0. The van der Waals surface area contributed by atoms with Gasteiger partial charge in [-0.3, -0.25) is 4.79 Å². The van der Waals surface area contributed by atoms with E-state index in [0.29, 0.717) is 5.69 Å². The highest BCUT2D eigenvalue weighted by molar-refractivity contribution is 5.92. The SMILES string of the molecule is CN1CCN(c2ccc(-c3ccc(NC(=O)Cc4ccc(F)cc4)cc3)nn2)CC1. The molecule has 6 nitrogen and oxygen atoms in total. The number of aromatic nitrogens is 2. The quantitative estimate of drug-likeness (QED) is 0.706. The van der Waals surface area contributed by atoms with E-state index in [1.807, 2.05) is 36.4 Å². The fraction of sp³-hybridized carbons (Fsp3) is 0.261. The Balaban J connectivity index is 1.36. The minimum Gasteiger partial charge on any atom is -0.353 e. The van der Waals surface area contributed by atoms with Crippen LogP contribution in [0.2, 0.25) is 0 Å². The van der Waals surface area contributed by atoms with Crippen LogP contribution in [0.3, 0.4) is 0 Å². The summed E-state index contributed by atoms with van der Waals surface area (Å²) in [6.45, 7) is 3.96. The van der Waals surface area contributed by atoms with E-state index in [4.69, 9.17) is 0 Å². The Labute approximate surface area is 175 Å². The molecule has 0 spiro atoms. The topological polar surface area (TPSA) is 61.4 Å². The number of likely N-dealkylation sites (N-methyl/N-ethyl adjacent to an activating group) is 1. The average molecular weight is 405 g/mol. The van der Waals surface area contributed by atoms with E-state index < -0.39 is 0 Å². The van der Waals surface area contributed by atoms with Gasteiger partial charge >= 0.3 is 0 Å². The molecule has 2 heterocycles. The Hall–Kier alpha value is -3.32. The lowest BCUT2D eigenvalue weighted by molar-refractivity contribution is -0.115. The summed E-state index contributed by atoms with van der Waals surface area (Å²) in [5.41, 5.74) is 3.19. The second-order valence-corrected chi connectivity index (χ2v) is 7.50. The third kappa shape index (κ3) is 4.99. The molecule has 154 valence electrons. The lowest BCUT2D eigenvalue weighted by atomic mass is 10.1. The van der Waals surface area contributed by atoms with Crippen molar-refractivity contribution in [3.63, 3.8) is 0 Å². The van der Waals surface area contributed by atoms with Crippen LogP contribution >= 0.6 is 0 Å². The molecule has 1 N–H and O–H groups in total. The van der Waals surface area contributed by atoms with Crippen LogP contribution in [0.15, 0.2) is 60.7 Å². The molecule has 1 saturated heterocycles. The molecule has 1 aromatic heterocycles. The first-order valence-electron chi connectivity index (χ1n) is 9.99. The first kappa shape index (κ1) is 20.0. The van der Waals surface area contributed by atoms with Crippen LogP contribution in [0.1, 0.15) is 5.56 Å². The number of piperazine rings is 1. The van der Waals surface area contributed by atoms with Crippen molar-refractivity contribution in [2.75, 3.05) is 43.4 Å². The fourth-order valence-electron chi connectivity index (χ4n) is 3.40. The van der Waals surface area contributed by atoms with Crippen LogP contribution in [-0.4, -0.2) is 54.2 Å². The summed E-state index contributed by atoms with van der Waals surface area (Å²) in [6, 6.07) is 17.4. The number of benzene rings is 2. The zero-order chi connectivity index (χ0) is 20.9. The molecule has 0 unspecified atom stereocenters. The van der Waals surface area contributed by atoms with Gasteiger partial charge in [-0.25, -0.2) is 4.39 Å². The van der Waals surface area contributed by atoms with Gasteiger partial charge in [0.2, 0.25) is 5.91 Å². The van der Waals surface area contributed by atoms with E-state index in [-0.39, 0.29) is 18.1 Å². The van der Waals surface area contributed by atoms with E-state index >= 15 is 0 Å². The van der Waals surface area contributed by atoms with Crippen molar-refractivity contribution in [3.8, 4) is 11.3 Å². The summed E-state index contributed by atoms with van der Waals surface area (Å²) in [5.74, 6) is 0.441. The maximum atomic E-state index is 13.0. The van der Waals surface area contributed by atoms with Gasteiger partial charge in [0.05, 0.1) is 12.1 Å². The van der Waals surface area contributed by atoms with Crippen molar-refractivity contribution in [1.82, 2.24) is 15.1 Å². The molecule has 0 aliphatic carbocycles. The summed E-state index contributed by atoms with van der Waals surface area (Å²) in [6.07, 6.45) is 0.196. The largest absolute Gasteiger partial charge is 0.353 e. The first-order valence-corrected chi connectivity index (χ1v) is 9.99. The molecule has 1 aliphatic heterocycles. The van der Waals surface area contributed by atoms with Gasteiger partial charge in [0.25, 0.3) is 0 Å². The summed E-state index contributed by atoms with van der Waals surface area (Å²) in [4.78, 5) is 16.7. The van der Waals surface area contributed by atoms with E-state index in [1.165, 1.54) is 12.1 Å². The maximum Gasteiger partial charge on any atom is 0.228 e. The summed E-state index contributed by atoms with van der Waals surface area (Å²) >= 11 is 0. The van der Waals surface area contributed by atoms with Gasteiger partial charge in [0, 0.05) is 37.4 Å². The van der Waals surface area contributed by atoms with Crippen LogP contribution in [-0.2, 0) is 11.2 Å². The Kier molecular flexibility index (Phi) is 5.99. The molecule has 30 heavy (non-hydrogen) atoms. The van der Waals surface area contributed by atoms with Crippen LogP contribution in [0.5, 0.6) is 0 Å². The van der Waals surface area contributed by atoms with Crippen LogP contribution in [0, 0.1) is 5.82 Å². The number of anilines is 2. The number of nitrogens with one attached hydrogen (secondary N) is 1. The van der Waals surface area contributed by atoms with Gasteiger partial charge < -0.3 is 15.1 Å². The molecule has 7 heteroatoms. The molecule has 1 amide bonds. The van der Waals surface area contributed by atoms with Crippen molar-refractivity contribution < 1.29 is 9.18 Å².